The summed E-state index contributed by atoms with van der Waals surface area (Å²) in [5.74, 6) is -1.25. The van der Waals surface area contributed by atoms with Crippen molar-refractivity contribution in [1.29, 1.82) is 0 Å². The van der Waals surface area contributed by atoms with Crippen LogP contribution < -0.4 is 0 Å². The maximum Gasteiger partial charge on any atom is 0.397 e. The van der Waals surface area contributed by atoms with E-state index in [1.807, 2.05) is 6.92 Å². The highest BCUT2D eigenvalue weighted by molar-refractivity contribution is 6.32. The van der Waals surface area contributed by atoms with Gasteiger partial charge in [0.05, 0.1) is 19.8 Å². The monoisotopic (exact) mass is 242 g/mol. The predicted octanol–water partition coefficient (Wildman–Crippen LogP) is -0.907. The fourth-order valence-corrected chi connectivity index (χ4v) is 2.14. The van der Waals surface area contributed by atoms with E-state index in [2.05, 4.69) is 4.90 Å². The van der Waals surface area contributed by atoms with Gasteiger partial charge < -0.3 is 14.4 Å². The summed E-state index contributed by atoms with van der Waals surface area (Å²) in [6.07, 6.45) is -0.210. The third-order valence-corrected chi connectivity index (χ3v) is 3.11. The molecule has 0 aliphatic carbocycles. The van der Waals surface area contributed by atoms with Crippen LogP contribution >= 0.6 is 0 Å². The second-order valence-corrected chi connectivity index (χ2v) is 4.28. The quantitative estimate of drug-likeness (QED) is 0.474. The summed E-state index contributed by atoms with van der Waals surface area (Å²) < 4.78 is 10.4. The first-order valence-corrected chi connectivity index (χ1v) is 6.00. The third kappa shape index (κ3) is 2.95. The number of hydrogen-bond acceptors (Lipinski definition) is 5. The molecule has 2 heterocycles. The Labute approximate surface area is 100 Å². The predicted molar refractivity (Wildman–Crippen MR) is 59.4 cm³/mol. The highest BCUT2D eigenvalue weighted by atomic mass is 16.6. The van der Waals surface area contributed by atoms with Crippen LogP contribution in [0.2, 0.25) is 0 Å². The molecule has 6 heteroatoms. The van der Waals surface area contributed by atoms with Crippen molar-refractivity contribution >= 4 is 11.9 Å². The van der Waals surface area contributed by atoms with E-state index in [-0.39, 0.29) is 6.10 Å². The molecule has 0 aromatic carbocycles. The second kappa shape index (κ2) is 5.46. The molecule has 0 aromatic heterocycles. The Morgan fingerprint density at radius 1 is 1.29 bits per heavy atom. The zero-order valence-corrected chi connectivity index (χ0v) is 10.1. The minimum atomic E-state index is -0.726. The van der Waals surface area contributed by atoms with Crippen molar-refractivity contribution in [3.8, 4) is 0 Å². The van der Waals surface area contributed by atoms with E-state index in [4.69, 9.17) is 9.47 Å². The molecule has 1 atom stereocenters. The van der Waals surface area contributed by atoms with Gasteiger partial charge in [-0.2, -0.15) is 0 Å². The molecule has 2 rings (SSSR count). The van der Waals surface area contributed by atoms with E-state index in [1.54, 1.807) is 0 Å². The van der Waals surface area contributed by atoms with E-state index in [0.717, 1.165) is 26.3 Å². The van der Waals surface area contributed by atoms with Crippen LogP contribution in [-0.2, 0) is 19.1 Å². The number of likely N-dealkylation sites (N-methyl/N-ethyl adjacent to an activating group) is 1. The molecule has 2 aliphatic heterocycles. The van der Waals surface area contributed by atoms with Gasteiger partial charge in [0.25, 0.3) is 0 Å². The second-order valence-electron chi connectivity index (χ2n) is 4.28. The Morgan fingerprint density at radius 2 is 2.00 bits per heavy atom. The summed E-state index contributed by atoms with van der Waals surface area (Å²) in [6, 6.07) is 0. The molecular weight excluding hydrogens is 224 g/mol. The van der Waals surface area contributed by atoms with Crippen molar-refractivity contribution in [1.82, 2.24) is 9.80 Å². The molecule has 0 bridgehead atoms. The Balaban J connectivity index is 1.88. The first kappa shape index (κ1) is 12.3. The molecule has 0 aromatic rings. The van der Waals surface area contributed by atoms with Gasteiger partial charge in [-0.1, -0.05) is 0 Å². The van der Waals surface area contributed by atoms with Gasteiger partial charge in [-0.15, -0.1) is 0 Å². The number of nitrogens with zero attached hydrogens (tertiary/aromatic N) is 2. The van der Waals surface area contributed by atoms with Gasteiger partial charge >= 0.3 is 11.9 Å². The van der Waals surface area contributed by atoms with Gasteiger partial charge in [0.1, 0.15) is 6.10 Å². The van der Waals surface area contributed by atoms with E-state index in [0.29, 0.717) is 19.6 Å². The van der Waals surface area contributed by atoms with Crippen molar-refractivity contribution < 1.29 is 19.1 Å². The highest BCUT2D eigenvalue weighted by Gasteiger charge is 2.34. The third-order valence-electron chi connectivity index (χ3n) is 3.11. The number of rotatable bonds is 3. The molecule has 1 amide bonds. The summed E-state index contributed by atoms with van der Waals surface area (Å²) in [4.78, 5) is 26.5. The van der Waals surface area contributed by atoms with Crippen molar-refractivity contribution in [2.24, 2.45) is 0 Å². The molecule has 17 heavy (non-hydrogen) atoms. The van der Waals surface area contributed by atoms with Crippen molar-refractivity contribution in [2.75, 3.05) is 45.9 Å². The summed E-state index contributed by atoms with van der Waals surface area (Å²) in [7, 11) is 0. The van der Waals surface area contributed by atoms with Crippen LogP contribution in [0.5, 0.6) is 0 Å². The average Bonchev–Trinajstić information content (AvgIpc) is 2.35. The molecule has 0 N–H and O–H groups in total. The molecule has 1 unspecified atom stereocenters. The highest BCUT2D eigenvalue weighted by Crippen LogP contribution is 2.10. The first-order chi connectivity index (χ1) is 8.20. The molecular formula is C11H18N2O4. The fourth-order valence-electron chi connectivity index (χ4n) is 2.14. The standard InChI is InChI=1S/C11H18N2O4/c1-2-13-8-9(17-11(15)10(13)14)7-12-3-5-16-6-4-12/h9H,2-8H2,1H3. The van der Waals surface area contributed by atoms with Gasteiger partial charge in [-0.25, -0.2) is 4.79 Å². The van der Waals surface area contributed by atoms with Crippen LogP contribution in [0.15, 0.2) is 0 Å². The maximum atomic E-state index is 11.4. The van der Waals surface area contributed by atoms with Gasteiger partial charge in [-0.3, -0.25) is 9.69 Å². The lowest BCUT2D eigenvalue weighted by molar-refractivity contribution is -0.173. The summed E-state index contributed by atoms with van der Waals surface area (Å²) in [5.41, 5.74) is 0. The van der Waals surface area contributed by atoms with Gasteiger partial charge in [0.2, 0.25) is 0 Å². The Bertz CT molecular complexity index is 302. The number of cyclic esters (lactones) is 1. The van der Waals surface area contributed by atoms with Crippen LogP contribution in [0.4, 0.5) is 0 Å². The lowest BCUT2D eigenvalue weighted by Gasteiger charge is -2.35. The lowest BCUT2D eigenvalue weighted by Crippen LogP contribution is -2.53. The average molecular weight is 242 g/mol. The number of ether oxygens (including phenoxy) is 2. The van der Waals surface area contributed by atoms with Crippen LogP contribution in [-0.4, -0.2) is 73.7 Å². The molecule has 2 fully saturated rings. The number of hydrogen-bond donors (Lipinski definition) is 0. The van der Waals surface area contributed by atoms with E-state index in [9.17, 15) is 9.59 Å². The minimum Gasteiger partial charge on any atom is -0.452 e. The van der Waals surface area contributed by atoms with E-state index >= 15 is 0 Å². The Hall–Kier alpha value is -1.14. The number of carbonyl (C=O) groups is 2. The summed E-state index contributed by atoms with van der Waals surface area (Å²) in [5, 5.41) is 0. The van der Waals surface area contributed by atoms with Crippen LogP contribution in [0.1, 0.15) is 6.92 Å². The summed E-state index contributed by atoms with van der Waals surface area (Å²) in [6.45, 7) is 6.74. The molecule has 6 nitrogen and oxygen atoms in total. The van der Waals surface area contributed by atoms with Gasteiger partial charge in [0.15, 0.2) is 0 Å². The molecule has 2 aliphatic rings. The molecule has 96 valence electrons. The number of esters is 1. The first-order valence-electron chi connectivity index (χ1n) is 6.00. The number of amides is 1. The zero-order valence-electron chi connectivity index (χ0n) is 10.1. The van der Waals surface area contributed by atoms with Crippen LogP contribution in [0, 0.1) is 0 Å². The molecule has 2 saturated heterocycles. The van der Waals surface area contributed by atoms with Crippen LogP contribution in [0.25, 0.3) is 0 Å². The SMILES string of the molecule is CCN1CC(CN2CCOCC2)OC(=O)C1=O. The summed E-state index contributed by atoms with van der Waals surface area (Å²) >= 11 is 0. The fraction of sp³-hybridized carbons (Fsp3) is 0.818. The topological polar surface area (TPSA) is 59.1 Å². The van der Waals surface area contributed by atoms with E-state index in [1.165, 1.54) is 4.90 Å². The van der Waals surface area contributed by atoms with Crippen LogP contribution in [0.3, 0.4) is 0 Å². The number of carbonyl (C=O) groups excluding carboxylic acids is 2. The molecule has 0 spiro atoms. The molecule has 0 radical (unpaired) electrons. The van der Waals surface area contributed by atoms with Crippen molar-refractivity contribution in [3.63, 3.8) is 0 Å². The van der Waals surface area contributed by atoms with Gasteiger partial charge in [0, 0.05) is 26.2 Å². The minimum absolute atomic E-state index is 0.210. The number of morpholine rings is 2. The smallest absolute Gasteiger partial charge is 0.397 e. The normalized spacial score (nSPS) is 27.1. The largest absolute Gasteiger partial charge is 0.452 e. The van der Waals surface area contributed by atoms with Gasteiger partial charge in [-0.05, 0) is 6.92 Å². The van der Waals surface area contributed by atoms with E-state index < -0.39 is 11.9 Å². The van der Waals surface area contributed by atoms with Crippen molar-refractivity contribution in [3.05, 3.63) is 0 Å². The Kier molecular flexibility index (Phi) is 3.96. The molecule has 0 saturated carbocycles. The maximum absolute atomic E-state index is 11.4. The Morgan fingerprint density at radius 3 is 2.65 bits per heavy atom. The lowest BCUT2D eigenvalue weighted by atomic mass is 10.2. The van der Waals surface area contributed by atoms with Crippen molar-refractivity contribution in [2.45, 2.75) is 13.0 Å². The zero-order chi connectivity index (χ0) is 12.3.